The third-order valence-corrected chi connectivity index (χ3v) is 7.76. The number of carbonyl (C=O) groups is 2. The highest BCUT2D eigenvalue weighted by atomic mass is 16.5. The number of aromatic nitrogens is 3. The van der Waals surface area contributed by atoms with Gasteiger partial charge < -0.3 is 20.7 Å². The van der Waals surface area contributed by atoms with Crippen LogP contribution in [0.4, 0.5) is 5.82 Å². The molecule has 2 aliphatic rings. The summed E-state index contributed by atoms with van der Waals surface area (Å²) in [6.07, 6.45) is 6.85. The molecule has 1 saturated carbocycles. The second kappa shape index (κ2) is 10.8. The number of ether oxygens (including phenoxy) is 1. The van der Waals surface area contributed by atoms with E-state index >= 15 is 0 Å². The molecule has 3 heterocycles. The molecule has 2 amide bonds. The normalized spacial score (nSPS) is 19.6. The van der Waals surface area contributed by atoms with Crippen LogP contribution in [0.15, 0.2) is 67.0 Å². The van der Waals surface area contributed by atoms with Crippen LogP contribution in [0.1, 0.15) is 43.0 Å². The standard InChI is InChI=1S/C30H32N6O3/c31-28-27-26(23-7-4-8-24(17-23)39-19-20-5-2-1-3-6-20)34-29(36(27)16-14-33-28)21-9-11-22(12-10-21)30(38)35-15-13-32-25(37)18-35/h1-8,14,16-17,21-22H,9-13,15,18-19H2,(H2,31,33)(H,32,37). The van der Waals surface area contributed by atoms with Crippen LogP contribution in [0, 0.1) is 5.92 Å². The smallest absolute Gasteiger partial charge is 0.239 e. The number of piperazine rings is 1. The van der Waals surface area contributed by atoms with Crippen LogP contribution in [-0.2, 0) is 16.2 Å². The molecule has 1 saturated heterocycles. The number of fused-ring (bicyclic) bond motifs is 1. The summed E-state index contributed by atoms with van der Waals surface area (Å²) in [5, 5.41) is 2.79. The molecule has 0 bridgehead atoms. The molecule has 3 N–H and O–H groups in total. The monoisotopic (exact) mass is 524 g/mol. The Hall–Kier alpha value is -4.40. The van der Waals surface area contributed by atoms with Gasteiger partial charge in [-0.2, -0.15) is 0 Å². The SMILES string of the molecule is Nc1nccn2c(C3CCC(C(=O)N4CCNC(=O)C4)CC3)nc(-c3cccc(OCc4ccccc4)c3)c12. The number of hydrogen-bond donors (Lipinski definition) is 2. The van der Waals surface area contributed by atoms with Crippen molar-refractivity contribution >= 4 is 23.1 Å². The first kappa shape index (κ1) is 24.9. The van der Waals surface area contributed by atoms with E-state index in [9.17, 15) is 9.59 Å². The van der Waals surface area contributed by atoms with E-state index in [2.05, 4.69) is 14.7 Å². The summed E-state index contributed by atoms with van der Waals surface area (Å²) in [5.74, 6) is 2.27. The first-order chi connectivity index (χ1) is 19.1. The fraction of sp³-hybridized carbons (Fsp3) is 0.333. The van der Waals surface area contributed by atoms with Gasteiger partial charge in [-0.25, -0.2) is 9.97 Å². The predicted molar refractivity (Wildman–Crippen MR) is 148 cm³/mol. The fourth-order valence-corrected chi connectivity index (χ4v) is 5.73. The van der Waals surface area contributed by atoms with Crippen molar-refractivity contribution < 1.29 is 14.3 Å². The number of rotatable bonds is 6. The van der Waals surface area contributed by atoms with E-state index in [-0.39, 0.29) is 30.2 Å². The molecule has 2 aromatic carbocycles. The number of nitrogens with two attached hydrogens (primary N) is 1. The molecule has 0 radical (unpaired) electrons. The Kier molecular flexibility index (Phi) is 6.87. The van der Waals surface area contributed by atoms with Gasteiger partial charge in [-0.1, -0.05) is 42.5 Å². The first-order valence-electron chi connectivity index (χ1n) is 13.5. The van der Waals surface area contributed by atoms with Gasteiger partial charge in [0.2, 0.25) is 11.8 Å². The molecule has 6 rings (SSSR count). The second-order valence-corrected chi connectivity index (χ2v) is 10.3. The minimum atomic E-state index is -0.0830. The molecule has 9 nitrogen and oxygen atoms in total. The van der Waals surface area contributed by atoms with Crippen molar-refractivity contribution in [2.75, 3.05) is 25.4 Å². The van der Waals surface area contributed by atoms with Crippen molar-refractivity contribution in [1.82, 2.24) is 24.6 Å². The Morgan fingerprint density at radius 1 is 1.08 bits per heavy atom. The number of benzene rings is 2. The summed E-state index contributed by atoms with van der Waals surface area (Å²) in [4.78, 5) is 36.0. The van der Waals surface area contributed by atoms with E-state index in [4.69, 9.17) is 15.5 Å². The molecule has 1 aliphatic carbocycles. The highest BCUT2D eigenvalue weighted by molar-refractivity contribution is 5.87. The maximum Gasteiger partial charge on any atom is 0.239 e. The number of anilines is 1. The predicted octanol–water partition coefficient (Wildman–Crippen LogP) is 3.79. The Bertz CT molecular complexity index is 1490. The topological polar surface area (TPSA) is 115 Å². The maximum atomic E-state index is 13.1. The number of amides is 2. The van der Waals surface area contributed by atoms with E-state index in [1.54, 1.807) is 11.1 Å². The van der Waals surface area contributed by atoms with Crippen LogP contribution in [0.2, 0.25) is 0 Å². The summed E-state index contributed by atoms with van der Waals surface area (Å²) in [5.41, 5.74) is 9.95. The molecule has 9 heteroatoms. The van der Waals surface area contributed by atoms with Crippen molar-refractivity contribution in [2.45, 2.75) is 38.2 Å². The van der Waals surface area contributed by atoms with Crippen LogP contribution in [0.25, 0.3) is 16.8 Å². The minimum absolute atomic E-state index is 0.0528. The largest absolute Gasteiger partial charge is 0.489 e. The van der Waals surface area contributed by atoms with E-state index in [0.717, 1.165) is 59.6 Å². The van der Waals surface area contributed by atoms with Gasteiger partial charge in [0, 0.05) is 42.9 Å². The molecule has 1 aliphatic heterocycles. The lowest BCUT2D eigenvalue weighted by Gasteiger charge is -2.33. The summed E-state index contributed by atoms with van der Waals surface area (Å²) in [6, 6.07) is 18.0. The van der Waals surface area contributed by atoms with Crippen LogP contribution in [0.5, 0.6) is 5.75 Å². The average molecular weight is 525 g/mol. The van der Waals surface area contributed by atoms with Crippen molar-refractivity contribution in [3.05, 3.63) is 78.4 Å². The maximum absolute atomic E-state index is 13.1. The zero-order valence-electron chi connectivity index (χ0n) is 21.8. The number of nitrogens with one attached hydrogen (secondary N) is 1. The molecule has 0 spiro atoms. The molecule has 2 fully saturated rings. The minimum Gasteiger partial charge on any atom is -0.489 e. The Labute approximate surface area is 227 Å². The van der Waals surface area contributed by atoms with Crippen LogP contribution >= 0.6 is 0 Å². The van der Waals surface area contributed by atoms with Crippen molar-refractivity contribution in [1.29, 1.82) is 0 Å². The Morgan fingerprint density at radius 2 is 1.90 bits per heavy atom. The van der Waals surface area contributed by atoms with Gasteiger partial charge in [0.1, 0.15) is 35.2 Å². The second-order valence-electron chi connectivity index (χ2n) is 10.3. The molecule has 200 valence electrons. The van der Waals surface area contributed by atoms with E-state index in [1.807, 2.05) is 60.8 Å². The summed E-state index contributed by atoms with van der Waals surface area (Å²) in [6.45, 7) is 1.75. The summed E-state index contributed by atoms with van der Waals surface area (Å²) >= 11 is 0. The lowest BCUT2D eigenvalue weighted by Crippen LogP contribution is -2.51. The molecule has 0 atom stereocenters. The van der Waals surface area contributed by atoms with Gasteiger partial charge in [-0.05, 0) is 43.4 Å². The van der Waals surface area contributed by atoms with E-state index < -0.39 is 0 Å². The Balaban J connectivity index is 1.22. The van der Waals surface area contributed by atoms with Gasteiger partial charge >= 0.3 is 0 Å². The van der Waals surface area contributed by atoms with Crippen molar-refractivity contribution in [2.24, 2.45) is 5.92 Å². The van der Waals surface area contributed by atoms with E-state index in [0.29, 0.717) is 25.5 Å². The molecule has 0 unspecified atom stereocenters. The quantitative estimate of drug-likeness (QED) is 0.397. The van der Waals surface area contributed by atoms with Crippen LogP contribution in [0.3, 0.4) is 0 Å². The third kappa shape index (κ3) is 5.16. The van der Waals surface area contributed by atoms with Gasteiger partial charge in [-0.15, -0.1) is 0 Å². The average Bonchev–Trinajstić information content (AvgIpc) is 3.38. The Morgan fingerprint density at radius 3 is 2.69 bits per heavy atom. The highest BCUT2D eigenvalue weighted by Gasteiger charge is 2.33. The molecular formula is C30H32N6O3. The van der Waals surface area contributed by atoms with Crippen LogP contribution < -0.4 is 15.8 Å². The van der Waals surface area contributed by atoms with E-state index in [1.165, 1.54) is 0 Å². The fourth-order valence-electron chi connectivity index (χ4n) is 5.73. The number of carbonyl (C=O) groups excluding carboxylic acids is 2. The number of nitrogens with zero attached hydrogens (tertiary/aromatic N) is 4. The van der Waals surface area contributed by atoms with Gasteiger partial charge in [-0.3, -0.25) is 14.0 Å². The lowest BCUT2D eigenvalue weighted by atomic mass is 9.81. The van der Waals surface area contributed by atoms with Crippen LogP contribution in [-0.4, -0.2) is 50.7 Å². The van der Waals surface area contributed by atoms with Crippen molar-refractivity contribution in [3.63, 3.8) is 0 Å². The van der Waals surface area contributed by atoms with Gasteiger partial charge in [0.05, 0.1) is 6.54 Å². The number of imidazole rings is 1. The molecule has 4 aromatic rings. The molecule has 39 heavy (non-hydrogen) atoms. The third-order valence-electron chi connectivity index (χ3n) is 7.76. The summed E-state index contributed by atoms with van der Waals surface area (Å²) in [7, 11) is 0. The highest BCUT2D eigenvalue weighted by Crippen LogP contribution is 2.39. The molecule has 2 aromatic heterocycles. The molecular weight excluding hydrogens is 492 g/mol. The zero-order valence-corrected chi connectivity index (χ0v) is 21.8. The first-order valence-corrected chi connectivity index (χ1v) is 13.5. The van der Waals surface area contributed by atoms with Gasteiger partial charge in [0.15, 0.2) is 0 Å². The zero-order chi connectivity index (χ0) is 26.8. The lowest BCUT2D eigenvalue weighted by molar-refractivity contribution is -0.142. The van der Waals surface area contributed by atoms with Crippen molar-refractivity contribution in [3.8, 4) is 17.0 Å². The number of nitrogen functional groups attached to an aromatic ring is 1. The summed E-state index contributed by atoms with van der Waals surface area (Å²) < 4.78 is 8.12. The number of hydrogen-bond acceptors (Lipinski definition) is 6. The van der Waals surface area contributed by atoms with Gasteiger partial charge in [0.25, 0.3) is 0 Å².